The van der Waals surface area contributed by atoms with Gasteiger partial charge in [0.25, 0.3) is 0 Å². The number of carbonyl (C=O) groups excluding carboxylic acids is 1. The van der Waals surface area contributed by atoms with E-state index in [1.54, 1.807) is 23.0 Å². The lowest BCUT2D eigenvalue weighted by Gasteiger charge is -2.23. The molecule has 3 aromatic heterocycles. The molecule has 0 saturated carbocycles. The Morgan fingerprint density at radius 3 is 2.97 bits per heavy atom. The van der Waals surface area contributed by atoms with E-state index in [9.17, 15) is 4.79 Å². The largest absolute Gasteiger partial charge is 0.331 e. The van der Waals surface area contributed by atoms with Gasteiger partial charge in [-0.3, -0.25) is 9.48 Å². The first-order valence-corrected chi connectivity index (χ1v) is 10.8. The Hall–Kier alpha value is -3.14. The molecule has 1 atom stereocenters. The molecule has 4 heterocycles. The van der Waals surface area contributed by atoms with Gasteiger partial charge in [-0.25, -0.2) is 9.97 Å². The number of rotatable bonds is 6. The van der Waals surface area contributed by atoms with Crippen molar-refractivity contribution in [1.29, 1.82) is 0 Å². The smallest absolute Gasteiger partial charge is 0.247 e. The first-order chi connectivity index (χ1) is 14.5. The van der Waals surface area contributed by atoms with Gasteiger partial charge in [-0.15, -0.1) is 10.2 Å². The molecular formula is C20H24N8OS. The van der Waals surface area contributed by atoms with Crippen LogP contribution in [0.25, 0.3) is 6.08 Å². The summed E-state index contributed by atoms with van der Waals surface area (Å²) in [5, 5.41) is 17.3. The number of hydrogen-bond acceptors (Lipinski definition) is 8. The standard InChI is InChI=1S/C20H24N8OS/c1-4-18-25-26-20(30-18)24-17-12-15(22-13(2)23-17)16-6-5-11-28(16)19(29)8-7-14-9-10-21-27(14)3/h7-10,12,16H,4-6,11H2,1-3H3,(H,22,23,24,26)/b8-7+/t16-/m1/s1. The van der Waals surface area contributed by atoms with Gasteiger partial charge in [0.15, 0.2) is 0 Å². The zero-order valence-electron chi connectivity index (χ0n) is 17.2. The molecular weight excluding hydrogens is 400 g/mol. The van der Waals surface area contributed by atoms with Crippen LogP contribution in [0.3, 0.4) is 0 Å². The van der Waals surface area contributed by atoms with E-state index < -0.39 is 0 Å². The van der Waals surface area contributed by atoms with Crippen LogP contribution in [0, 0.1) is 6.92 Å². The van der Waals surface area contributed by atoms with Crippen molar-refractivity contribution in [3.05, 3.63) is 46.6 Å². The van der Waals surface area contributed by atoms with Gasteiger partial charge in [0, 0.05) is 31.9 Å². The van der Waals surface area contributed by atoms with Crippen molar-refractivity contribution in [2.75, 3.05) is 11.9 Å². The summed E-state index contributed by atoms with van der Waals surface area (Å²) in [5.74, 6) is 1.29. The van der Waals surface area contributed by atoms with Crippen LogP contribution >= 0.6 is 11.3 Å². The lowest BCUT2D eigenvalue weighted by Crippen LogP contribution is -2.29. The Bertz CT molecular complexity index is 1070. The highest BCUT2D eigenvalue weighted by Crippen LogP contribution is 2.32. The zero-order valence-corrected chi connectivity index (χ0v) is 18.1. The first kappa shape index (κ1) is 20.1. The fourth-order valence-electron chi connectivity index (χ4n) is 3.52. The van der Waals surface area contributed by atoms with Crippen LogP contribution in [-0.4, -0.2) is 47.3 Å². The van der Waals surface area contributed by atoms with Crippen LogP contribution in [0.2, 0.25) is 0 Å². The molecule has 0 spiro atoms. The van der Waals surface area contributed by atoms with Gasteiger partial charge in [-0.2, -0.15) is 5.10 Å². The Morgan fingerprint density at radius 2 is 2.23 bits per heavy atom. The summed E-state index contributed by atoms with van der Waals surface area (Å²) >= 11 is 1.51. The second-order valence-corrected chi connectivity index (χ2v) is 8.17. The molecule has 0 unspecified atom stereocenters. The SMILES string of the molecule is CCc1nnc(Nc2cc([C@H]3CCCN3C(=O)/C=C/c3ccnn3C)nc(C)n2)s1. The molecule has 30 heavy (non-hydrogen) atoms. The van der Waals surface area contributed by atoms with Crippen LogP contribution in [0.15, 0.2) is 24.4 Å². The average Bonchev–Trinajstić information content (AvgIpc) is 3.46. The highest BCUT2D eigenvalue weighted by molar-refractivity contribution is 7.15. The molecule has 10 heteroatoms. The maximum Gasteiger partial charge on any atom is 0.247 e. The second kappa shape index (κ2) is 8.70. The molecule has 1 amide bonds. The lowest BCUT2D eigenvalue weighted by molar-refractivity contribution is -0.126. The van der Waals surface area contributed by atoms with Crippen molar-refractivity contribution in [2.45, 2.75) is 39.2 Å². The fourth-order valence-corrected chi connectivity index (χ4v) is 4.21. The summed E-state index contributed by atoms with van der Waals surface area (Å²) in [6.45, 7) is 4.61. The number of nitrogens with zero attached hydrogens (tertiary/aromatic N) is 7. The van der Waals surface area contributed by atoms with Gasteiger partial charge >= 0.3 is 0 Å². The van der Waals surface area contributed by atoms with Crippen LogP contribution in [-0.2, 0) is 18.3 Å². The molecule has 0 aliphatic carbocycles. The van der Waals surface area contributed by atoms with E-state index in [1.165, 1.54) is 11.3 Å². The number of nitrogens with one attached hydrogen (secondary N) is 1. The van der Waals surface area contributed by atoms with Crippen molar-refractivity contribution in [1.82, 2.24) is 34.8 Å². The van der Waals surface area contributed by atoms with Crippen LogP contribution in [0.1, 0.15) is 48.0 Å². The number of amides is 1. The third-order valence-electron chi connectivity index (χ3n) is 4.99. The van der Waals surface area contributed by atoms with Crippen LogP contribution in [0.5, 0.6) is 0 Å². The van der Waals surface area contributed by atoms with E-state index in [1.807, 2.05) is 37.9 Å². The molecule has 0 aromatic carbocycles. The number of carbonyl (C=O) groups is 1. The van der Waals surface area contributed by atoms with Gasteiger partial charge < -0.3 is 10.2 Å². The van der Waals surface area contributed by atoms with Crippen molar-refractivity contribution in [2.24, 2.45) is 7.05 Å². The van der Waals surface area contributed by atoms with Crippen LogP contribution in [0.4, 0.5) is 10.9 Å². The Labute approximate surface area is 178 Å². The third-order valence-corrected chi connectivity index (χ3v) is 5.98. The van der Waals surface area contributed by atoms with Crippen molar-refractivity contribution < 1.29 is 4.79 Å². The van der Waals surface area contributed by atoms with E-state index in [0.717, 1.165) is 35.7 Å². The highest BCUT2D eigenvalue weighted by atomic mass is 32.1. The van der Waals surface area contributed by atoms with E-state index >= 15 is 0 Å². The van der Waals surface area contributed by atoms with Gasteiger partial charge in [0.05, 0.1) is 17.4 Å². The number of hydrogen-bond donors (Lipinski definition) is 1. The number of aromatic nitrogens is 6. The molecule has 156 valence electrons. The van der Waals surface area contributed by atoms with Crippen LogP contribution < -0.4 is 5.32 Å². The lowest BCUT2D eigenvalue weighted by atomic mass is 10.1. The average molecular weight is 425 g/mol. The third kappa shape index (κ3) is 4.38. The van der Waals surface area contributed by atoms with Gasteiger partial charge in [-0.05, 0) is 38.3 Å². The minimum absolute atomic E-state index is 0.0267. The quantitative estimate of drug-likeness (QED) is 0.607. The summed E-state index contributed by atoms with van der Waals surface area (Å²) < 4.78 is 1.73. The van der Waals surface area contributed by atoms with Gasteiger partial charge in [0.1, 0.15) is 16.6 Å². The Balaban J connectivity index is 1.53. The topological polar surface area (TPSA) is 102 Å². The van der Waals surface area contributed by atoms with Gasteiger partial charge in [0.2, 0.25) is 11.0 Å². The minimum Gasteiger partial charge on any atom is -0.331 e. The summed E-state index contributed by atoms with van der Waals surface area (Å²) in [6.07, 6.45) is 7.78. The normalized spacial score (nSPS) is 16.5. The van der Waals surface area contributed by atoms with Crippen molar-refractivity contribution in [3.63, 3.8) is 0 Å². The monoisotopic (exact) mass is 424 g/mol. The highest BCUT2D eigenvalue weighted by Gasteiger charge is 2.30. The molecule has 1 N–H and O–H groups in total. The molecule has 0 radical (unpaired) electrons. The fraction of sp³-hybridized carbons (Fsp3) is 0.400. The zero-order chi connectivity index (χ0) is 21.1. The molecule has 9 nitrogen and oxygen atoms in total. The maximum atomic E-state index is 12.9. The van der Waals surface area contributed by atoms with Gasteiger partial charge in [-0.1, -0.05) is 18.3 Å². The Morgan fingerprint density at radius 1 is 1.37 bits per heavy atom. The summed E-state index contributed by atoms with van der Waals surface area (Å²) in [7, 11) is 1.85. The second-order valence-electron chi connectivity index (χ2n) is 7.11. The van der Waals surface area contributed by atoms with Crippen molar-refractivity contribution >= 4 is 34.3 Å². The first-order valence-electron chi connectivity index (χ1n) is 9.95. The molecule has 0 bridgehead atoms. The summed E-state index contributed by atoms with van der Waals surface area (Å²) in [5.41, 5.74) is 1.72. The number of anilines is 2. The van der Waals surface area contributed by atoms with E-state index in [-0.39, 0.29) is 11.9 Å². The van der Waals surface area contributed by atoms with E-state index in [2.05, 4.69) is 30.6 Å². The maximum absolute atomic E-state index is 12.9. The molecule has 4 rings (SSSR count). The molecule has 1 fully saturated rings. The predicted octanol–water partition coefficient (Wildman–Crippen LogP) is 3.05. The predicted molar refractivity (Wildman–Crippen MR) is 115 cm³/mol. The van der Waals surface area contributed by atoms with E-state index in [0.29, 0.717) is 23.3 Å². The summed E-state index contributed by atoms with van der Waals surface area (Å²) in [4.78, 5) is 23.8. The number of aryl methyl sites for hydroxylation is 3. The summed E-state index contributed by atoms with van der Waals surface area (Å²) in [6, 6.07) is 3.70. The number of likely N-dealkylation sites (tertiary alicyclic amines) is 1. The van der Waals surface area contributed by atoms with E-state index in [4.69, 9.17) is 0 Å². The Kier molecular flexibility index (Phi) is 5.84. The molecule has 3 aromatic rings. The molecule has 1 saturated heterocycles. The molecule has 1 aliphatic heterocycles. The van der Waals surface area contributed by atoms with Crippen molar-refractivity contribution in [3.8, 4) is 0 Å². The minimum atomic E-state index is -0.0726. The molecule has 1 aliphatic rings.